The predicted octanol–water partition coefficient (Wildman–Crippen LogP) is 5.16. The third-order valence-electron chi connectivity index (χ3n) is 3.54. The Hall–Kier alpha value is -2.12. The van der Waals surface area contributed by atoms with Gasteiger partial charge in [-0.2, -0.15) is 0 Å². The molecule has 0 N–H and O–H groups in total. The number of anilines is 1. The number of hydrogen-bond donors (Lipinski definition) is 0. The molecule has 128 valence electrons. The van der Waals surface area contributed by atoms with Gasteiger partial charge in [-0.15, -0.1) is 0 Å². The molecule has 0 fully saturated rings. The number of fused-ring (bicyclic) bond motifs is 1. The number of nitrogens with zero attached hydrogens (tertiary/aromatic N) is 1. The van der Waals surface area contributed by atoms with Crippen LogP contribution in [0.15, 0.2) is 55.8 Å². The number of carbonyl (C=O) groups excluding carboxylic acids is 2. The average Bonchev–Trinajstić information content (AvgIpc) is 2.98. The second kappa shape index (κ2) is 7.01. The average molecular weight is 467 g/mol. The zero-order valence-electron chi connectivity index (χ0n) is 13.4. The van der Waals surface area contributed by atoms with E-state index in [1.165, 1.54) is 11.8 Å². The van der Waals surface area contributed by atoms with Gasteiger partial charge in [-0.05, 0) is 58.4 Å². The van der Waals surface area contributed by atoms with Gasteiger partial charge in [0.2, 0.25) is 0 Å². The van der Waals surface area contributed by atoms with E-state index >= 15 is 0 Å². The van der Waals surface area contributed by atoms with Gasteiger partial charge in [0.05, 0.1) is 4.47 Å². The molecule has 0 bridgehead atoms. The molecule has 0 saturated carbocycles. The molecule has 0 saturated heterocycles. The van der Waals surface area contributed by atoms with Gasteiger partial charge in [0.1, 0.15) is 11.3 Å². The van der Waals surface area contributed by atoms with E-state index in [9.17, 15) is 9.59 Å². The highest BCUT2D eigenvalue weighted by Gasteiger charge is 2.19. The van der Waals surface area contributed by atoms with Crippen LogP contribution < -0.4 is 9.64 Å². The third kappa shape index (κ3) is 3.77. The summed E-state index contributed by atoms with van der Waals surface area (Å²) in [7, 11) is 1.65. The molecule has 3 aromatic rings. The van der Waals surface area contributed by atoms with E-state index in [4.69, 9.17) is 9.15 Å². The lowest BCUT2D eigenvalue weighted by molar-refractivity contribution is -0.131. The first-order valence-electron chi connectivity index (χ1n) is 7.30. The molecule has 0 aliphatic rings. The predicted molar refractivity (Wildman–Crippen MR) is 102 cm³/mol. The summed E-state index contributed by atoms with van der Waals surface area (Å²) < 4.78 is 12.4. The zero-order valence-corrected chi connectivity index (χ0v) is 16.5. The van der Waals surface area contributed by atoms with Crippen LogP contribution in [0.4, 0.5) is 5.69 Å². The van der Waals surface area contributed by atoms with E-state index in [0.717, 1.165) is 14.3 Å². The lowest BCUT2D eigenvalue weighted by Crippen LogP contribution is -2.25. The Morgan fingerprint density at radius 3 is 2.40 bits per heavy atom. The molecule has 3 rings (SSSR count). The van der Waals surface area contributed by atoms with Crippen LogP contribution in [-0.2, 0) is 4.79 Å². The first kappa shape index (κ1) is 17.7. The van der Waals surface area contributed by atoms with Crippen molar-refractivity contribution in [3.05, 3.63) is 57.2 Å². The Labute approximate surface area is 160 Å². The van der Waals surface area contributed by atoms with E-state index in [0.29, 0.717) is 17.0 Å². The molecule has 2 aromatic carbocycles. The van der Waals surface area contributed by atoms with Crippen molar-refractivity contribution in [2.75, 3.05) is 11.9 Å². The van der Waals surface area contributed by atoms with E-state index in [1.54, 1.807) is 37.4 Å². The largest absolute Gasteiger partial charge is 0.450 e. The molecule has 1 aromatic heterocycles. The maximum absolute atomic E-state index is 12.7. The molecule has 5 nitrogen and oxygen atoms in total. The van der Waals surface area contributed by atoms with Gasteiger partial charge in [0.25, 0.3) is 5.91 Å². The smallest absolute Gasteiger partial charge is 0.308 e. The van der Waals surface area contributed by atoms with Crippen molar-refractivity contribution in [3.8, 4) is 5.75 Å². The van der Waals surface area contributed by atoms with Gasteiger partial charge < -0.3 is 14.1 Å². The van der Waals surface area contributed by atoms with Crippen molar-refractivity contribution >= 4 is 60.4 Å². The summed E-state index contributed by atoms with van der Waals surface area (Å²) in [5.74, 6) is -0.00867. The number of carbonyl (C=O) groups is 2. The topological polar surface area (TPSA) is 59.8 Å². The SMILES string of the molecule is CC(=O)Oc1ccc(N(C)C(=O)c2cc3cc(Br)cc(Br)c3o2)cc1. The molecule has 1 heterocycles. The zero-order chi connectivity index (χ0) is 18.1. The van der Waals surface area contributed by atoms with Crippen LogP contribution in [0.3, 0.4) is 0 Å². The molecule has 0 atom stereocenters. The fourth-order valence-corrected chi connectivity index (χ4v) is 3.71. The third-order valence-corrected chi connectivity index (χ3v) is 4.58. The molecule has 0 unspecified atom stereocenters. The highest BCUT2D eigenvalue weighted by atomic mass is 79.9. The number of esters is 1. The van der Waals surface area contributed by atoms with Crippen molar-refractivity contribution in [2.45, 2.75) is 6.92 Å². The summed E-state index contributed by atoms with van der Waals surface area (Å²) in [4.78, 5) is 25.1. The second-order valence-electron chi connectivity index (χ2n) is 5.37. The summed E-state index contributed by atoms with van der Waals surface area (Å²) in [6.07, 6.45) is 0. The summed E-state index contributed by atoms with van der Waals surface area (Å²) in [6.45, 7) is 1.33. The van der Waals surface area contributed by atoms with E-state index < -0.39 is 5.97 Å². The monoisotopic (exact) mass is 465 g/mol. The molecule has 0 radical (unpaired) electrons. The highest BCUT2D eigenvalue weighted by molar-refractivity contribution is 9.11. The summed E-state index contributed by atoms with van der Waals surface area (Å²) >= 11 is 6.85. The van der Waals surface area contributed by atoms with Crippen LogP contribution in [0, 0.1) is 0 Å². The van der Waals surface area contributed by atoms with Crippen LogP contribution in [0.2, 0.25) is 0 Å². The van der Waals surface area contributed by atoms with Crippen molar-refractivity contribution in [1.29, 1.82) is 0 Å². The van der Waals surface area contributed by atoms with Crippen LogP contribution in [0.1, 0.15) is 17.5 Å². The van der Waals surface area contributed by atoms with Gasteiger partial charge in [0, 0.05) is 29.5 Å². The standard InChI is InChI=1S/C18H13Br2NO4/c1-10(22)24-14-5-3-13(4-6-14)21(2)18(23)16-8-11-7-12(19)9-15(20)17(11)25-16/h3-9H,1-2H3. The van der Waals surface area contributed by atoms with Gasteiger partial charge in [-0.25, -0.2) is 0 Å². The van der Waals surface area contributed by atoms with E-state index in [-0.39, 0.29) is 11.7 Å². The van der Waals surface area contributed by atoms with Gasteiger partial charge in [0.15, 0.2) is 5.76 Å². The minimum atomic E-state index is -0.392. The number of hydrogen-bond acceptors (Lipinski definition) is 4. The van der Waals surface area contributed by atoms with Crippen molar-refractivity contribution in [2.24, 2.45) is 0 Å². The molecule has 25 heavy (non-hydrogen) atoms. The number of furan rings is 1. The quantitative estimate of drug-likeness (QED) is 0.395. The summed E-state index contributed by atoms with van der Waals surface area (Å²) in [6, 6.07) is 12.1. The van der Waals surface area contributed by atoms with E-state index in [1.807, 2.05) is 12.1 Å². The number of benzene rings is 2. The van der Waals surface area contributed by atoms with Gasteiger partial charge >= 0.3 is 5.97 Å². The number of halogens is 2. The molecule has 0 aliphatic carbocycles. The van der Waals surface area contributed by atoms with Crippen molar-refractivity contribution in [3.63, 3.8) is 0 Å². The Morgan fingerprint density at radius 1 is 1.08 bits per heavy atom. The Bertz CT molecular complexity index is 963. The number of rotatable bonds is 3. The Morgan fingerprint density at radius 2 is 1.76 bits per heavy atom. The Balaban J connectivity index is 1.87. The molecule has 0 aliphatic heterocycles. The van der Waals surface area contributed by atoms with Crippen molar-refractivity contribution in [1.82, 2.24) is 0 Å². The maximum Gasteiger partial charge on any atom is 0.308 e. The number of ether oxygens (including phenoxy) is 1. The summed E-state index contributed by atoms with van der Waals surface area (Å²) in [5, 5.41) is 0.822. The highest BCUT2D eigenvalue weighted by Crippen LogP contribution is 2.31. The molecule has 7 heteroatoms. The minimum absolute atomic E-state index is 0.236. The lowest BCUT2D eigenvalue weighted by atomic mass is 10.2. The first-order chi connectivity index (χ1) is 11.8. The van der Waals surface area contributed by atoms with Gasteiger partial charge in [-0.1, -0.05) is 15.9 Å². The lowest BCUT2D eigenvalue weighted by Gasteiger charge is -2.16. The molecule has 0 spiro atoms. The van der Waals surface area contributed by atoms with E-state index in [2.05, 4.69) is 31.9 Å². The van der Waals surface area contributed by atoms with Crippen LogP contribution >= 0.6 is 31.9 Å². The van der Waals surface area contributed by atoms with Gasteiger partial charge in [-0.3, -0.25) is 9.59 Å². The molecular formula is C18H13Br2NO4. The summed E-state index contributed by atoms with van der Waals surface area (Å²) in [5.41, 5.74) is 1.27. The molecular weight excluding hydrogens is 454 g/mol. The van der Waals surface area contributed by atoms with Crippen LogP contribution in [-0.4, -0.2) is 18.9 Å². The second-order valence-corrected chi connectivity index (χ2v) is 7.14. The first-order valence-corrected chi connectivity index (χ1v) is 8.89. The van der Waals surface area contributed by atoms with Crippen LogP contribution in [0.5, 0.6) is 5.75 Å². The fourth-order valence-electron chi connectivity index (χ4n) is 2.37. The number of amides is 1. The van der Waals surface area contributed by atoms with Crippen molar-refractivity contribution < 1.29 is 18.7 Å². The maximum atomic E-state index is 12.7. The Kier molecular flexibility index (Phi) is 4.96. The van der Waals surface area contributed by atoms with Crippen LogP contribution in [0.25, 0.3) is 11.0 Å². The fraction of sp³-hybridized carbons (Fsp3) is 0.111. The molecule has 1 amide bonds. The minimum Gasteiger partial charge on any atom is -0.450 e. The normalized spacial score (nSPS) is 10.7.